The van der Waals surface area contributed by atoms with Crippen LogP contribution < -0.4 is 5.32 Å². The molecule has 0 fully saturated rings. The fourth-order valence-corrected chi connectivity index (χ4v) is 4.00. The van der Waals surface area contributed by atoms with Gasteiger partial charge in [0.2, 0.25) is 15.9 Å². The average molecular weight is 443 g/mol. The molecule has 1 N–H and O–H groups in total. The molecule has 0 aliphatic heterocycles. The number of rotatable bonds is 8. The normalized spacial score (nSPS) is 13.3. The van der Waals surface area contributed by atoms with E-state index >= 15 is 0 Å². The van der Waals surface area contributed by atoms with E-state index in [-0.39, 0.29) is 17.0 Å². The van der Waals surface area contributed by atoms with Crippen LogP contribution in [0, 0.1) is 5.82 Å². The minimum absolute atomic E-state index is 0.160. The lowest BCUT2D eigenvalue weighted by Gasteiger charge is -2.21. The van der Waals surface area contributed by atoms with Gasteiger partial charge in [0.25, 0.3) is 0 Å². The number of sulfone groups is 1. The molecule has 0 spiro atoms. The van der Waals surface area contributed by atoms with E-state index in [1.165, 1.54) is 30.3 Å². The molecule has 0 saturated heterocycles. The Balaban J connectivity index is 2.09. The topological polar surface area (TPSA) is 101 Å². The van der Waals surface area contributed by atoms with E-state index < -0.39 is 44.2 Å². The number of hydrogen-bond acceptors (Lipinski definition) is 5. The lowest BCUT2D eigenvalue weighted by molar-refractivity contribution is -0.122. The summed E-state index contributed by atoms with van der Waals surface area (Å²) in [5, 5.41) is 2.67. The lowest BCUT2D eigenvalue weighted by Crippen LogP contribution is -2.40. The molecule has 158 valence electrons. The van der Waals surface area contributed by atoms with Crippen LogP contribution in [0.15, 0.2) is 53.4 Å². The molecule has 29 heavy (non-hydrogen) atoms. The van der Waals surface area contributed by atoms with Gasteiger partial charge in [-0.3, -0.25) is 4.79 Å². The second-order valence-electron chi connectivity index (χ2n) is 6.75. The molecule has 2 rings (SSSR count). The Labute approximate surface area is 170 Å². The van der Waals surface area contributed by atoms with Crippen molar-refractivity contribution in [1.29, 1.82) is 0 Å². The first-order chi connectivity index (χ1) is 13.4. The Morgan fingerprint density at radius 2 is 1.62 bits per heavy atom. The van der Waals surface area contributed by atoms with Crippen molar-refractivity contribution in [3.05, 3.63) is 65.5 Å². The molecule has 0 aliphatic carbocycles. The molecule has 0 saturated carbocycles. The van der Waals surface area contributed by atoms with Crippen molar-refractivity contribution in [3.8, 4) is 0 Å². The van der Waals surface area contributed by atoms with Gasteiger partial charge in [0.15, 0.2) is 9.84 Å². The molecule has 0 radical (unpaired) electrons. The van der Waals surface area contributed by atoms with Gasteiger partial charge in [-0.25, -0.2) is 21.2 Å². The predicted molar refractivity (Wildman–Crippen MR) is 108 cm³/mol. The molecular formula is C19H23FN2O5S2. The summed E-state index contributed by atoms with van der Waals surface area (Å²) in [5.74, 6) is -1.12. The van der Waals surface area contributed by atoms with Crippen molar-refractivity contribution in [2.24, 2.45) is 0 Å². The monoisotopic (exact) mass is 442 g/mol. The summed E-state index contributed by atoms with van der Waals surface area (Å²) >= 11 is 0. The van der Waals surface area contributed by atoms with Gasteiger partial charge in [0.1, 0.15) is 5.82 Å². The van der Waals surface area contributed by atoms with E-state index in [1.807, 2.05) is 0 Å². The van der Waals surface area contributed by atoms with E-state index in [9.17, 15) is 26.0 Å². The molecule has 1 atom stereocenters. The molecule has 0 aliphatic rings. The Morgan fingerprint density at radius 3 is 2.14 bits per heavy atom. The van der Waals surface area contributed by atoms with Crippen molar-refractivity contribution < 1.29 is 26.0 Å². The van der Waals surface area contributed by atoms with Gasteiger partial charge in [-0.1, -0.05) is 30.3 Å². The smallest absolute Gasteiger partial charge is 0.235 e. The quantitative estimate of drug-likeness (QED) is 0.673. The Morgan fingerprint density at radius 1 is 1.03 bits per heavy atom. The number of benzene rings is 2. The van der Waals surface area contributed by atoms with Crippen molar-refractivity contribution in [2.75, 3.05) is 19.1 Å². The second-order valence-corrected chi connectivity index (χ2v) is 10.8. The number of carbonyl (C=O) groups is 1. The third-order valence-electron chi connectivity index (χ3n) is 4.28. The molecule has 0 heterocycles. The van der Waals surface area contributed by atoms with E-state index in [0.29, 0.717) is 5.56 Å². The van der Waals surface area contributed by atoms with E-state index in [1.54, 1.807) is 25.1 Å². The largest absolute Gasteiger partial charge is 0.348 e. The van der Waals surface area contributed by atoms with Crippen LogP contribution in [0.4, 0.5) is 4.39 Å². The molecule has 0 bridgehead atoms. The van der Waals surface area contributed by atoms with E-state index in [0.717, 1.165) is 16.8 Å². The average Bonchev–Trinajstić information content (AvgIpc) is 2.61. The Bertz CT molecular complexity index is 1080. The van der Waals surface area contributed by atoms with Crippen molar-refractivity contribution in [2.45, 2.75) is 24.4 Å². The van der Waals surface area contributed by atoms with Gasteiger partial charge >= 0.3 is 0 Å². The fourth-order valence-electron chi connectivity index (χ4n) is 2.64. The zero-order chi connectivity index (χ0) is 21.8. The maximum Gasteiger partial charge on any atom is 0.235 e. The molecule has 10 heteroatoms. The Kier molecular flexibility index (Phi) is 7.15. The number of carbonyl (C=O) groups excluding carboxylic acids is 1. The van der Waals surface area contributed by atoms with Crippen LogP contribution in [0.1, 0.15) is 24.1 Å². The first kappa shape index (κ1) is 23.0. The summed E-state index contributed by atoms with van der Waals surface area (Å²) in [7, 11) is -7.08. The molecule has 0 aromatic heterocycles. The van der Waals surface area contributed by atoms with Gasteiger partial charge in [0.05, 0.1) is 23.7 Å². The zero-order valence-corrected chi connectivity index (χ0v) is 17.9. The molecule has 1 amide bonds. The maximum atomic E-state index is 13.9. The summed E-state index contributed by atoms with van der Waals surface area (Å²) in [4.78, 5) is 12.5. The third kappa shape index (κ3) is 6.62. The third-order valence-corrected chi connectivity index (χ3v) is 6.60. The van der Waals surface area contributed by atoms with Crippen molar-refractivity contribution >= 4 is 25.8 Å². The summed E-state index contributed by atoms with van der Waals surface area (Å²) in [6.45, 7) is 0.949. The molecular weight excluding hydrogens is 419 g/mol. The van der Waals surface area contributed by atoms with Crippen LogP contribution in [0.5, 0.6) is 0 Å². The van der Waals surface area contributed by atoms with Crippen molar-refractivity contribution in [3.63, 3.8) is 0 Å². The van der Waals surface area contributed by atoms with Gasteiger partial charge in [-0.2, -0.15) is 4.31 Å². The Hall–Kier alpha value is -2.30. The minimum atomic E-state index is -3.76. The van der Waals surface area contributed by atoms with E-state index in [4.69, 9.17) is 0 Å². The molecule has 7 nitrogen and oxygen atoms in total. The van der Waals surface area contributed by atoms with Gasteiger partial charge in [-0.15, -0.1) is 0 Å². The highest BCUT2D eigenvalue weighted by Crippen LogP contribution is 2.17. The van der Waals surface area contributed by atoms with E-state index in [2.05, 4.69) is 5.32 Å². The fraction of sp³-hybridized carbons (Fsp3) is 0.316. The standard InChI is InChI=1S/C19H23FN2O5S2/c1-14(15-8-10-17(11-9-15)28(2,24)25)21-19(23)13-22(29(3,26)27)12-16-6-4-5-7-18(16)20/h4-11,14H,12-13H2,1-3H3,(H,21,23)/t14-/m1/s1. The van der Waals surface area contributed by atoms with Crippen LogP contribution >= 0.6 is 0 Å². The van der Waals surface area contributed by atoms with Crippen LogP contribution in [0.25, 0.3) is 0 Å². The molecule has 2 aromatic carbocycles. The SMILES string of the molecule is C[C@@H](NC(=O)CN(Cc1ccccc1F)S(C)(=O)=O)c1ccc(S(C)(=O)=O)cc1. The maximum absolute atomic E-state index is 13.9. The number of sulfonamides is 1. The zero-order valence-electron chi connectivity index (χ0n) is 16.3. The number of nitrogens with one attached hydrogen (secondary N) is 1. The van der Waals surface area contributed by atoms with Crippen LogP contribution in [-0.2, 0) is 31.2 Å². The van der Waals surface area contributed by atoms with Gasteiger partial charge in [-0.05, 0) is 30.7 Å². The highest BCUT2D eigenvalue weighted by molar-refractivity contribution is 7.90. The highest BCUT2D eigenvalue weighted by Gasteiger charge is 2.23. The number of hydrogen-bond donors (Lipinski definition) is 1. The first-order valence-corrected chi connectivity index (χ1v) is 12.4. The second kappa shape index (κ2) is 9.02. The summed E-state index contributed by atoms with van der Waals surface area (Å²) in [6, 6.07) is 11.3. The number of halogens is 1. The molecule has 0 unspecified atom stereocenters. The summed E-state index contributed by atoms with van der Waals surface area (Å²) in [5.41, 5.74) is 0.820. The van der Waals surface area contributed by atoms with Crippen LogP contribution in [-0.4, -0.2) is 46.1 Å². The number of amides is 1. The van der Waals surface area contributed by atoms with Crippen LogP contribution in [0.3, 0.4) is 0 Å². The predicted octanol–water partition coefficient (Wildman–Crippen LogP) is 1.87. The minimum Gasteiger partial charge on any atom is -0.348 e. The summed E-state index contributed by atoms with van der Waals surface area (Å²) < 4.78 is 61.9. The number of nitrogens with zero attached hydrogens (tertiary/aromatic N) is 1. The lowest BCUT2D eigenvalue weighted by atomic mass is 10.1. The van der Waals surface area contributed by atoms with Crippen molar-refractivity contribution in [1.82, 2.24) is 9.62 Å². The summed E-state index contributed by atoms with van der Waals surface area (Å²) in [6.07, 6.45) is 2.05. The first-order valence-electron chi connectivity index (χ1n) is 8.66. The van der Waals surface area contributed by atoms with Crippen LogP contribution in [0.2, 0.25) is 0 Å². The van der Waals surface area contributed by atoms with Gasteiger partial charge < -0.3 is 5.32 Å². The van der Waals surface area contributed by atoms with Gasteiger partial charge in [0, 0.05) is 18.4 Å². The highest BCUT2D eigenvalue weighted by atomic mass is 32.2. The molecule has 2 aromatic rings.